The Morgan fingerprint density at radius 3 is 0.786 bits per heavy atom. The molecule has 0 aromatic carbocycles. The Bertz CT molecular complexity index is 425. The molecule has 0 aliphatic rings. The average Bonchev–Trinajstić information content (AvgIpc) is 2.53. The fourth-order valence-corrected chi connectivity index (χ4v) is 6.56. The van der Waals surface area contributed by atoms with Crippen LogP contribution in [-0.4, -0.2) is 113 Å². The van der Waals surface area contributed by atoms with Crippen LogP contribution in [0.4, 0.5) is 0 Å². The van der Waals surface area contributed by atoms with Gasteiger partial charge in [0.25, 0.3) is 15.2 Å². The molecule has 0 aromatic rings. The number of hydrogen-bond acceptors (Lipinski definition) is 2. The van der Waals surface area contributed by atoms with Crippen molar-refractivity contribution < 1.29 is 26.2 Å². The molecule has 0 fully saturated rings. The van der Waals surface area contributed by atoms with E-state index in [-0.39, 0.29) is 17.1 Å². The molecule has 0 radical (unpaired) electrons. The Labute approximate surface area is 186 Å². The molecule has 0 aliphatic heterocycles. The van der Waals surface area contributed by atoms with Crippen LogP contribution in [0.2, 0.25) is 0 Å². The summed E-state index contributed by atoms with van der Waals surface area (Å²) in [6, 6.07) is 0. The molecule has 0 saturated heterocycles. The largest absolute Gasteiger partial charge is 1.00 e. The van der Waals surface area contributed by atoms with Crippen LogP contribution in [0.15, 0.2) is 0 Å². The van der Waals surface area contributed by atoms with Gasteiger partial charge >= 0.3 is 17.1 Å². The van der Waals surface area contributed by atoms with Gasteiger partial charge in [0, 0.05) is 0 Å². The third kappa shape index (κ3) is 11.5. The van der Waals surface area contributed by atoms with Gasteiger partial charge in [-0.05, 0) is 97.4 Å². The van der Waals surface area contributed by atoms with E-state index in [9.17, 15) is 9.13 Å². The zero-order chi connectivity index (χ0) is 22.6. The van der Waals surface area contributed by atoms with E-state index in [0.717, 1.165) is 12.8 Å². The van der Waals surface area contributed by atoms with E-state index in [1.807, 2.05) is 91.5 Å². The summed E-state index contributed by atoms with van der Waals surface area (Å²) >= 11 is 0. The first-order valence-electron chi connectivity index (χ1n) is 8.74. The first-order valence-corrected chi connectivity index (χ1v) is 11.9. The first kappa shape index (κ1) is 35.7. The fourth-order valence-electron chi connectivity index (χ4n) is 2.27. The van der Waals surface area contributed by atoms with Gasteiger partial charge in [-0.3, -0.25) is 9.13 Å². The van der Waals surface area contributed by atoms with Crippen LogP contribution in [0, 0.1) is 12.3 Å². The summed E-state index contributed by atoms with van der Waals surface area (Å²) in [5, 5.41) is 0. The Hall–Kier alpha value is 0.299. The molecule has 0 aliphatic carbocycles. The van der Waals surface area contributed by atoms with Crippen LogP contribution in [0.1, 0.15) is 19.8 Å². The Kier molecular flexibility index (Phi) is 21.7. The van der Waals surface area contributed by atoms with Crippen molar-refractivity contribution in [3.63, 3.8) is 0 Å². The van der Waals surface area contributed by atoms with Crippen molar-refractivity contribution >= 4 is 15.2 Å². The standard InChI is InChI=1S/2C6H18N3OP.C5H7.Cu/c2*1-7(2)11(10,8(3)4)9(5)6;1-3-5-4-2;/h2*1-6H3;3,5H2,1H3;/q;;-1;+1. The molecule has 8 nitrogen and oxygen atoms in total. The Morgan fingerprint density at radius 2 is 0.786 bits per heavy atom. The minimum absolute atomic E-state index is 0. The topological polar surface area (TPSA) is 53.6 Å². The maximum absolute atomic E-state index is 12.1. The second-order valence-electron chi connectivity index (χ2n) is 7.04. The first-order chi connectivity index (χ1) is 12.1. The van der Waals surface area contributed by atoms with Crippen LogP contribution in [-0.2, 0) is 26.2 Å². The molecule has 11 heteroatoms. The quantitative estimate of drug-likeness (QED) is 0.235. The maximum Gasteiger partial charge on any atom is 1.00 e. The van der Waals surface area contributed by atoms with Crippen molar-refractivity contribution in [1.82, 2.24) is 28.0 Å². The van der Waals surface area contributed by atoms with E-state index < -0.39 is 15.2 Å². The summed E-state index contributed by atoms with van der Waals surface area (Å²) in [4.78, 5) is 0. The molecule has 28 heavy (non-hydrogen) atoms. The van der Waals surface area contributed by atoms with Crippen LogP contribution in [0.25, 0.3) is 0 Å². The molecule has 0 N–H and O–H groups in total. The molecule has 0 saturated carbocycles. The van der Waals surface area contributed by atoms with Gasteiger partial charge in [-0.2, -0.15) is 0 Å². The molecule has 174 valence electrons. The molecule has 0 heterocycles. The normalized spacial score (nSPS) is 11.8. The van der Waals surface area contributed by atoms with Gasteiger partial charge < -0.3 is 12.3 Å². The summed E-state index contributed by atoms with van der Waals surface area (Å²) < 4.78 is 34.6. The predicted molar refractivity (Wildman–Crippen MR) is 119 cm³/mol. The fraction of sp³-hybridized carbons (Fsp3) is 0.882. The van der Waals surface area contributed by atoms with E-state index in [2.05, 4.69) is 5.92 Å². The average molecular weight is 489 g/mol. The zero-order valence-electron chi connectivity index (χ0n) is 20.1. The third-order valence-corrected chi connectivity index (χ3v) is 9.75. The van der Waals surface area contributed by atoms with Gasteiger partial charge in [0.2, 0.25) is 0 Å². The van der Waals surface area contributed by atoms with E-state index in [4.69, 9.17) is 6.42 Å². The molecular formula is C17H43CuN6O2P2. The molecule has 0 unspecified atom stereocenters. The molecular weight excluding hydrogens is 446 g/mol. The van der Waals surface area contributed by atoms with Crippen molar-refractivity contribution in [2.75, 3.05) is 84.6 Å². The van der Waals surface area contributed by atoms with Gasteiger partial charge in [0.15, 0.2) is 0 Å². The number of unbranched alkanes of at least 4 members (excludes halogenated alkanes) is 1. The number of hydrogen-bond donors (Lipinski definition) is 0. The monoisotopic (exact) mass is 488 g/mol. The van der Waals surface area contributed by atoms with Crippen molar-refractivity contribution in [2.24, 2.45) is 0 Å². The number of rotatable bonds is 7. The third-order valence-electron chi connectivity index (χ3n) is 3.50. The van der Waals surface area contributed by atoms with Crippen LogP contribution in [0.5, 0.6) is 0 Å². The smallest absolute Gasteiger partial charge is 0.694 e. The SMILES string of the molecule is CN(C)P(=O)(N(C)C)N(C)C.CN(C)P(=O)(N(C)C)N(C)C.[C-]#CCCC.[Cu+]. The molecule has 0 rings (SSSR count). The second-order valence-corrected chi connectivity index (χ2v) is 13.9. The van der Waals surface area contributed by atoms with Crippen molar-refractivity contribution in [2.45, 2.75) is 19.8 Å². The predicted octanol–water partition coefficient (Wildman–Crippen LogP) is 2.93. The minimum Gasteiger partial charge on any atom is -0.694 e. The van der Waals surface area contributed by atoms with E-state index in [0.29, 0.717) is 0 Å². The van der Waals surface area contributed by atoms with Gasteiger partial charge in [0.1, 0.15) is 0 Å². The maximum atomic E-state index is 12.1. The minimum atomic E-state index is -2.44. The number of nitrogens with zero attached hydrogens (tertiary/aromatic N) is 6. The van der Waals surface area contributed by atoms with Crippen molar-refractivity contribution in [3.8, 4) is 5.92 Å². The Morgan fingerprint density at radius 1 is 0.607 bits per heavy atom. The molecule has 0 atom stereocenters. The van der Waals surface area contributed by atoms with E-state index >= 15 is 0 Å². The Balaban J connectivity index is -0.000000162. The van der Waals surface area contributed by atoms with Gasteiger partial charge in [-0.15, -0.1) is 0 Å². The van der Waals surface area contributed by atoms with Gasteiger partial charge in [-0.25, -0.2) is 28.0 Å². The summed E-state index contributed by atoms with van der Waals surface area (Å²) in [7, 11) is 17.0. The van der Waals surface area contributed by atoms with E-state index in [1.165, 1.54) is 0 Å². The van der Waals surface area contributed by atoms with Crippen LogP contribution in [0.3, 0.4) is 0 Å². The summed E-state index contributed by atoms with van der Waals surface area (Å²) in [6.45, 7) is 2.03. The van der Waals surface area contributed by atoms with Crippen LogP contribution >= 0.6 is 15.2 Å². The second kappa shape index (κ2) is 17.0. The van der Waals surface area contributed by atoms with Crippen LogP contribution < -0.4 is 0 Å². The van der Waals surface area contributed by atoms with E-state index in [1.54, 1.807) is 28.0 Å². The summed E-state index contributed by atoms with van der Waals surface area (Å²) in [5.74, 6) is 2.27. The summed E-state index contributed by atoms with van der Waals surface area (Å²) in [5.41, 5.74) is 0. The molecule has 0 spiro atoms. The van der Waals surface area contributed by atoms with Gasteiger partial charge in [0.05, 0.1) is 0 Å². The molecule has 0 amide bonds. The van der Waals surface area contributed by atoms with Crippen molar-refractivity contribution in [1.29, 1.82) is 0 Å². The van der Waals surface area contributed by atoms with Gasteiger partial charge in [-0.1, -0.05) is 6.92 Å². The summed E-state index contributed by atoms with van der Waals surface area (Å²) in [6.07, 6.45) is 8.20. The molecule has 0 aromatic heterocycles. The molecule has 0 bridgehead atoms. The zero-order valence-corrected chi connectivity index (χ0v) is 22.8. The van der Waals surface area contributed by atoms with Crippen molar-refractivity contribution in [3.05, 3.63) is 6.42 Å².